The molecule has 6 heteroatoms. The normalized spacial score (nSPS) is 10.7. The lowest BCUT2D eigenvalue weighted by Crippen LogP contribution is -1.90. The van der Waals surface area contributed by atoms with Gasteiger partial charge in [0.15, 0.2) is 5.65 Å². The zero-order valence-corrected chi connectivity index (χ0v) is 6.76. The Hall–Kier alpha value is -1.04. The molecule has 0 spiro atoms. The first-order chi connectivity index (χ1) is 5.27. The third-order valence-electron chi connectivity index (χ3n) is 1.21. The second-order valence-electron chi connectivity index (χ2n) is 1.88. The molecule has 2 heterocycles. The van der Waals surface area contributed by atoms with Crippen molar-refractivity contribution in [2.45, 2.75) is 0 Å². The molecule has 0 saturated heterocycles. The van der Waals surface area contributed by atoms with Gasteiger partial charge in [0, 0.05) is 0 Å². The van der Waals surface area contributed by atoms with E-state index in [1.54, 1.807) is 0 Å². The molecule has 0 atom stereocenters. The highest BCUT2D eigenvalue weighted by Crippen LogP contribution is 2.15. The molecule has 4 nitrogen and oxygen atoms in total. The van der Waals surface area contributed by atoms with Gasteiger partial charge in [-0.25, -0.2) is 4.98 Å². The van der Waals surface area contributed by atoms with Gasteiger partial charge in [0.1, 0.15) is 10.1 Å². The molecule has 0 aliphatic carbocycles. The Morgan fingerprint density at radius 3 is 3.09 bits per heavy atom. The van der Waals surface area contributed by atoms with Crippen molar-refractivity contribution in [2.75, 3.05) is 0 Å². The first-order valence-electron chi connectivity index (χ1n) is 2.79. The van der Waals surface area contributed by atoms with Crippen LogP contribution in [0.5, 0.6) is 0 Å². The summed E-state index contributed by atoms with van der Waals surface area (Å²) in [6.45, 7) is 0. The second kappa shape index (κ2) is 2.23. The number of aromatic nitrogens is 4. The van der Waals surface area contributed by atoms with Gasteiger partial charge in [0.25, 0.3) is 0 Å². The highest BCUT2D eigenvalue weighted by atomic mass is 79.9. The van der Waals surface area contributed by atoms with E-state index in [2.05, 4.69) is 35.9 Å². The van der Waals surface area contributed by atoms with Crippen LogP contribution < -0.4 is 0 Å². The Labute approximate surface area is 69.0 Å². The van der Waals surface area contributed by atoms with Gasteiger partial charge in [-0.1, -0.05) is 0 Å². The highest BCUT2D eigenvalue weighted by molar-refractivity contribution is 9.10. The van der Waals surface area contributed by atoms with Crippen molar-refractivity contribution in [1.29, 1.82) is 0 Å². The number of imidazole rings is 1. The predicted octanol–water partition coefficient (Wildman–Crippen LogP) is 1.25. The summed E-state index contributed by atoms with van der Waals surface area (Å²) in [5, 5.41) is 0. The van der Waals surface area contributed by atoms with Crippen LogP contribution in [0.25, 0.3) is 11.2 Å². The van der Waals surface area contributed by atoms with Crippen molar-refractivity contribution in [3.63, 3.8) is 0 Å². The summed E-state index contributed by atoms with van der Waals surface area (Å²) in [5.74, 6) is 0. The molecule has 0 aromatic carbocycles. The number of halogens is 2. The van der Waals surface area contributed by atoms with Crippen LogP contribution >= 0.6 is 15.9 Å². The van der Waals surface area contributed by atoms with Gasteiger partial charge in [0.05, 0.1) is 6.33 Å². The van der Waals surface area contributed by atoms with Crippen LogP contribution in [0.3, 0.4) is 0 Å². The average molecular weight is 217 g/mol. The summed E-state index contributed by atoms with van der Waals surface area (Å²) in [7, 11) is 0. The summed E-state index contributed by atoms with van der Waals surface area (Å²) in [6, 6.07) is 0. The third kappa shape index (κ3) is 0.988. The number of aromatic amines is 1. The molecule has 0 unspecified atom stereocenters. The van der Waals surface area contributed by atoms with Gasteiger partial charge < -0.3 is 4.98 Å². The Kier molecular flexibility index (Phi) is 1.35. The lowest BCUT2D eigenvalue weighted by atomic mass is 10.6. The number of H-pyrrole nitrogens is 1. The van der Waals surface area contributed by atoms with Crippen LogP contribution in [0.4, 0.5) is 4.39 Å². The fraction of sp³-hybridized carbons (Fsp3) is 0. The van der Waals surface area contributed by atoms with E-state index in [-0.39, 0.29) is 0 Å². The molecule has 1 N–H and O–H groups in total. The molecular weight excluding hydrogens is 215 g/mol. The molecule has 0 fully saturated rings. The molecular formula is C5H2BrFN4. The van der Waals surface area contributed by atoms with Crippen LogP contribution in [0.2, 0.25) is 0 Å². The van der Waals surface area contributed by atoms with Gasteiger partial charge >= 0.3 is 6.08 Å². The summed E-state index contributed by atoms with van der Waals surface area (Å²) in [4.78, 5) is 13.4. The van der Waals surface area contributed by atoms with Gasteiger partial charge in [-0.15, -0.1) is 0 Å². The number of nitrogens with zero attached hydrogens (tertiary/aromatic N) is 3. The Balaban J connectivity index is 2.91. The van der Waals surface area contributed by atoms with Crippen LogP contribution in [0.1, 0.15) is 0 Å². The molecule has 2 aromatic rings. The minimum atomic E-state index is -0.781. The van der Waals surface area contributed by atoms with Crippen LogP contribution in [0, 0.1) is 6.08 Å². The van der Waals surface area contributed by atoms with Crippen molar-refractivity contribution in [2.24, 2.45) is 0 Å². The van der Waals surface area contributed by atoms with E-state index in [1.165, 1.54) is 6.33 Å². The van der Waals surface area contributed by atoms with E-state index in [1.807, 2.05) is 0 Å². The lowest BCUT2D eigenvalue weighted by molar-refractivity contribution is 0.541. The smallest absolute Gasteiger partial charge is 0.311 e. The minimum Gasteiger partial charge on any atom is -0.341 e. The monoisotopic (exact) mass is 216 g/mol. The Bertz CT molecular complexity index is 398. The van der Waals surface area contributed by atoms with E-state index < -0.39 is 6.08 Å². The van der Waals surface area contributed by atoms with Gasteiger partial charge in [-0.3, -0.25) is 0 Å². The van der Waals surface area contributed by atoms with Gasteiger partial charge in [-0.2, -0.15) is 14.4 Å². The average Bonchev–Trinajstić information content (AvgIpc) is 2.34. The van der Waals surface area contributed by atoms with E-state index in [0.29, 0.717) is 15.8 Å². The standard InChI is InChI=1S/C5H2BrFN4/c6-3-2-4(9-1-8-2)11-5(7)10-3/h1H,(H,8,9,10,11). The first-order valence-corrected chi connectivity index (χ1v) is 3.59. The maximum absolute atomic E-state index is 12.5. The van der Waals surface area contributed by atoms with E-state index >= 15 is 0 Å². The maximum Gasteiger partial charge on any atom is 0.311 e. The van der Waals surface area contributed by atoms with Crippen molar-refractivity contribution in [1.82, 2.24) is 19.9 Å². The molecule has 2 aromatic heterocycles. The number of hydrogen-bond donors (Lipinski definition) is 1. The Morgan fingerprint density at radius 1 is 1.45 bits per heavy atom. The zero-order valence-electron chi connectivity index (χ0n) is 5.17. The fourth-order valence-corrected chi connectivity index (χ4v) is 1.21. The molecule has 0 amide bonds. The second-order valence-corrected chi connectivity index (χ2v) is 2.64. The molecule has 11 heavy (non-hydrogen) atoms. The molecule has 2 rings (SSSR count). The summed E-state index contributed by atoms with van der Waals surface area (Å²) in [6.07, 6.45) is 0.653. The summed E-state index contributed by atoms with van der Waals surface area (Å²) < 4.78 is 12.9. The van der Waals surface area contributed by atoms with Crippen molar-refractivity contribution >= 4 is 27.1 Å². The highest BCUT2D eigenvalue weighted by Gasteiger charge is 2.05. The number of hydrogen-bond acceptors (Lipinski definition) is 3. The Morgan fingerprint density at radius 2 is 2.27 bits per heavy atom. The van der Waals surface area contributed by atoms with Gasteiger partial charge in [-0.05, 0) is 15.9 Å². The first kappa shape index (κ1) is 6.66. The number of nitrogens with one attached hydrogen (secondary N) is 1. The summed E-state index contributed by atoms with van der Waals surface area (Å²) in [5.41, 5.74) is 0.927. The molecule has 0 aliphatic heterocycles. The SMILES string of the molecule is Fc1nc(Br)c2[nH]cnc2n1. The third-order valence-corrected chi connectivity index (χ3v) is 1.79. The fourth-order valence-electron chi connectivity index (χ4n) is 0.773. The maximum atomic E-state index is 12.5. The van der Waals surface area contributed by atoms with E-state index in [9.17, 15) is 4.39 Å². The van der Waals surface area contributed by atoms with Crippen molar-refractivity contribution in [3.05, 3.63) is 17.0 Å². The minimum absolute atomic E-state index is 0.323. The molecule has 0 saturated carbocycles. The van der Waals surface area contributed by atoms with Crippen LogP contribution in [-0.4, -0.2) is 19.9 Å². The topological polar surface area (TPSA) is 54.5 Å². The number of rotatable bonds is 0. The molecule has 0 aliphatic rings. The van der Waals surface area contributed by atoms with Crippen molar-refractivity contribution in [3.8, 4) is 0 Å². The quantitative estimate of drug-likeness (QED) is 0.533. The predicted molar refractivity (Wildman–Crippen MR) is 39.3 cm³/mol. The summed E-state index contributed by atoms with van der Waals surface area (Å²) >= 11 is 3.06. The van der Waals surface area contributed by atoms with Crippen LogP contribution in [0.15, 0.2) is 10.9 Å². The molecule has 0 bridgehead atoms. The molecule has 0 radical (unpaired) electrons. The van der Waals surface area contributed by atoms with E-state index in [4.69, 9.17) is 0 Å². The van der Waals surface area contributed by atoms with E-state index in [0.717, 1.165) is 0 Å². The zero-order chi connectivity index (χ0) is 7.84. The van der Waals surface area contributed by atoms with Gasteiger partial charge in [0.2, 0.25) is 0 Å². The van der Waals surface area contributed by atoms with Crippen molar-refractivity contribution < 1.29 is 4.39 Å². The largest absolute Gasteiger partial charge is 0.341 e. The molecule has 56 valence electrons. The van der Waals surface area contributed by atoms with Crippen LogP contribution in [-0.2, 0) is 0 Å². The lowest BCUT2D eigenvalue weighted by Gasteiger charge is -1.90. The number of fused-ring (bicyclic) bond motifs is 1.